The van der Waals surface area contributed by atoms with Gasteiger partial charge in [-0.3, -0.25) is 0 Å². The van der Waals surface area contributed by atoms with E-state index in [1.54, 1.807) is 0 Å². The molecule has 0 spiro atoms. The SMILES string of the molecule is CCl.CCl.[Zr].c1ccc2c(c1)[cH-]c1ccccc12. The van der Waals surface area contributed by atoms with Gasteiger partial charge >= 0.3 is 0 Å². The maximum Gasteiger partial charge on any atom is 0.0108 e. The Morgan fingerprint density at radius 1 is 0.667 bits per heavy atom. The van der Waals surface area contributed by atoms with E-state index in [0.29, 0.717) is 0 Å². The Balaban J connectivity index is 0.000000531. The molecule has 0 radical (unpaired) electrons. The maximum absolute atomic E-state index is 4.64. The van der Waals surface area contributed by atoms with Crippen LogP contribution in [0, 0.1) is 0 Å². The number of hydrogen-bond donors (Lipinski definition) is 0. The molecule has 94 valence electrons. The monoisotopic (exact) mass is 355 g/mol. The van der Waals surface area contributed by atoms with E-state index in [0.717, 1.165) is 0 Å². The molecule has 3 heteroatoms. The summed E-state index contributed by atoms with van der Waals surface area (Å²) in [6.07, 6.45) is 2.94. The Kier molecular flexibility index (Phi) is 9.55. The van der Waals surface area contributed by atoms with Crippen molar-refractivity contribution in [2.75, 3.05) is 12.8 Å². The predicted octanol–water partition coefficient (Wildman–Crippen LogP) is 5.42. The molecule has 0 nitrogen and oxygen atoms in total. The van der Waals surface area contributed by atoms with E-state index in [4.69, 9.17) is 0 Å². The molecule has 0 saturated heterocycles. The van der Waals surface area contributed by atoms with Gasteiger partial charge in [-0.05, 0) is 0 Å². The van der Waals surface area contributed by atoms with Gasteiger partial charge in [0.1, 0.15) is 0 Å². The molecular formula is C15H15Cl2Zr-. The molecule has 0 atom stereocenters. The Morgan fingerprint density at radius 3 is 1.39 bits per heavy atom. The van der Waals surface area contributed by atoms with Crippen LogP contribution in [-0.2, 0) is 26.2 Å². The number of benzene rings is 2. The predicted molar refractivity (Wildman–Crippen MR) is 80.6 cm³/mol. The van der Waals surface area contributed by atoms with Gasteiger partial charge in [-0.2, -0.15) is 0 Å². The number of alkyl halides is 2. The first-order valence-corrected chi connectivity index (χ1v) is 6.75. The fraction of sp³-hybridized carbons (Fsp3) is 0.133. The third-order valence-electron chi connectivity index (χ3n) is 2.52. The van der Waals surface area contributed by atoms with Crippen molar-refractivity contribution >= 4 is 44.7 Å². The van der Waals surface area contributed by atoms with E-state index in [1.807, 2.05) is 0 Å². The average molecular weight is 357 g/mol. The summed E-state index contributed by atoms with van der Waals surface area (Å²) in [5, 5.41) is 5.39. The zero-order valence-electron chi connectivity index (χ0n) is 10.5. The third kappa shape index (κ3) is 3.88. The van der Waals surface area contributed by atoms with E-state index in [-0.39, 0.29) is 26.2 Å². The topological polar surface area (TPSA) is 0 Å². The van der Waals surface area contributed by atoms with Gasteiger partial charge in [0.05, 0.1) is 0 Å². The van der Waals surface area contributed by atoms with E-state index in [2.05, 4.69) is 77.8 Å². The van der Waals surface area contributed by atoms with Crippen LogP contribution in [0.15, 0.2) is 54.6 Å². The fourth-order valence-corrected chi connectivity index (χ4v) is 1.90. The van der Waals surface area contributed by atoms with E-state index >= 15 is 0 Å². The number of hydrogen-bond acceptors (Lipinski definition) is 0. The number of fused-ring (bicyclic) bond motifs is 3. The van der Waals surface area contributed by atoms with Crippen LogP contribution in [-0.4, -0.2) is 12.8 Å². The van der Waals surface area contributed by atoms with Crippen LogP contribution in [0.5, 0.6) is 0 Å². The van der Waals surface area contributed by atoms with Gasteiger partial charge in [0.25, 0.3) is 0 Å². The van der Waals surface area contributed by atoms with Crippen LogP contribution in [0.25, 0.3) is 21.5 Å². The van der Waals surface area contributed by atoms with Crippen molar-refractivity contribution in [3.05, 3.63) is 54.6 Å². The molecule has 0 saturated carbocycles. The summed E-state index contributed by atoms with van der Waals surface area (Å²) in [5.41, 5.74) is 0. The van der Waals surface area contributed by atoms with Gasteiger partial charge in [-0.15, -0.1) is 62.9 Å². The summed E-state index contributed by atoms with van der Waals surface area (Å²) in [5.74, 6) is 0. The third-order valence-corrected chi connectivity index (χ3v) is 2.52. The second kappa shape index (κ2) is 9.67. The molecule has 3 aromatic carbocycles. The molecule has 0 bridgehead atoms. The van der Waals surface area contributed by atoms with Gasteiger partial charge in [0.2, 0.25) is 0 Å². The van der Waals surface area contributed by atoms with Crippen LogP contribution in [0.4, 0.5) is 0 Å². The molecule has 0 fully saturated rings. The minimum Gasteiger partial charge on any atom is -0.130 e. The molecule has 0 unspecified atom stereocenters. The standard InChI is InChI=1S/C13H9.2CH3Cl.Zr/c1-3-7-12-10(5-1)9-11-6-2-4-8-13(11)12;2*1-2;/h1-9H;2*1H3;/q-1;;;. The van der Waals surface area contributed by atoms with Crippen LogP contribution in [0.1, 0.15) is 0 Å². The van der Waals surface area contributed by atoms with Crippen molar-refractivity contribution < 1.29 is 26.2 Å². The van der Waals surface area contributed by atoms with E-state index < -0.39 is 0 Å². The number of halogens is 2. The molecule has 0 aliphatic rings. The first kappa shape index (κ1) is 17.8. The van der Waals surface area contributed by atoms with E-state index in [1.165, 1.54) is 34.3 Å². The van der Waals surface area contributed by atoms with Gasteiger partial charge in [0, 0.05) is 39.0 Å². The summed E-state index contributed by atoms with van der Waals surface area (Å²) >= 11 is 9.28. The molecule has 0 amide bonds. The molecule has 0 aliphatic carbocycles. The van der Waals surface area contributed by atoms with Crippen molar-refractivity contribution in [2.24, 2.45) is 0 Å². The first-order valence-electron chi connectivity index (χ1n) is 5.24. The van der Waals surface area contributed by atoms with Gasteiger partial charge in [0.15, 0.2) is 0 Å². The van der Waals surface area contributed by atoms with Crippen LogP contribution in [0.2, 0.25) is 0 Å². The summed E-state index contributed by atoms with van der Waals surface area (Å²) in [4.78, 5) is 0. The molecule has 0 heterocycles. The van der Waals surface area contributed by atoms with Crippen molar-refractivity contribution in [3.8, 4) is 0 Å². The van der Waals surface area contributed by atoms with E-state index in [9.17, 15) is 0 Å². The Bertz CT molecular complexity index is 522. The summed E-state index contributed by atoms with van der Waals surface area (Å²) < 4.78 is 0. The summed E-state index contributed by atoms with van der Waals surface area (Å²) in [7, 11) is 0. The normalized spacial score (nSPS) is 8.67. The largest absolute Gasteiger partial charge is 0.130 e. The zero-order valence-corrected chi connectivity index (χ0v) is 14.4. The minimum atomic E-state index is 0. The quantitative estimate of drug-likeness (QED) is 0.372. The summed E-state index contributed by atoms with van der Waals surface area (Å²) in [6, 6.07) is 19.3. The molecule has 18 heavy (non-hydrogen) atoms. The average Bonchev–Trinajstić information content (AvgIpc) is 2.82. The van der Waals surface area contributed by atoms with Gasteiger partial charge < -0.3 is 0 Å². The fourth-order valence-electron chi connectivity index (χ4n) is 1.90. The molecule has 0 aromatic heterocycles. The first-order chi connectivity index (χ1) is 8.45. The van der Waals surface area contributed by atoms with Crippen molar-refractivity contribution in [2.45, 2.75) is 0 Å². The van der Waals surface area contributed by atoms with Crippen LogP contribution >= 0.6 is 23.2 Å². The molecule has 3 aromatic rings. The Morgan fingerprint density at radius 2 is 1.00 bits per heavy atom. The molecular weight excluding hydrogens is 342 g/mol. The van der Waals surface area contributed by atoms with Crippen LogP contribution < -0.4 is 0 Å². The minimum absolute atomic E-state index is 0. The molecule has 0 N–H and O–H groups in total. The summed E-state index contributed by atoms with van der Waals surface area (Å²) in [6.45, 7) is 0. The van der Waals surface area contributed by atoms with Crippen molar-refractivity contribution in [3.63, 3.8) is 0 Å². The second-order valence-electron chi connectivity index (χ2n) is 3.32. The van der Waals surface area contributed by atoms with Crippen molar-refractivity contribution in [1.82, 2.24) is 0 Å². The second-order valence-corrected chi connectivity index (χ2v) is 3.32. The van der Waals surface area contributed by atoms with Crippen LogP contribution in [0.3, 0.4) is 0 Å². The zero-order chi connectivity index (χ0) is 12.7. The smallest absolute Gasteiger partial charge is 0.0108 e. The van der Waals surface area contributed by atoms with Gasteiger partial charge in [-0.25, -0.2) is 0 Å². The number of rotatable bonds is 0. The Hall–Kier alpha value is -0.227. The van der Waals surface area contributed by atoms with Crippen molar-refractivity contribution in [1.29, 1.82) is 0 Å². The Labute approximate surface area is 137 Å². The maximum atomic E-state index is 4.64. The van der Waals surface area contributed by atoms with Gasteiger partial charge in [-0.1, -0.05) is 36.4 Å². The molecule has 3 rings (SSSR count). The molecule has 0 aliphatic heterocycles.